The first-order valence-electron chi connectivity index (χ1n) is 9.90. The van der Waals surface area contributed by atoms with Crippen molar-refractivity contribution in [3.8, 4) is 5.75 Å². The molecule has 7 heteroatoms. The second kappa shape index (κ2) is 7.88. The van der Waals surface area contributed by atoms with Gasteiger partial charge in [-0.3, -0.25) is 0 Å². The summed E-state index contributed by atoms with van der Waals surface area (Å²) in [4.78, 5) is 0. The van der Waals surface area contributed by atoms with Crippen LogP contribution >= 0.6 is 0 Å². The van der Waals surface area contributed by atoms with E-state index in [-0.39, 0.29) is 17.7 Å². The van der Waals surface area contributed by atoms with E-state index >= 15 is 0 Å². The largest absolute Gasteiger partial charge is 0.573 e. The number of halogens is 3. The van der Waals surface area contributed by atoms with Crippen molar-refractivity contribution in [2.45, 2.75) is 43.2 Å². The zero-order valence-electron chi connectivity index (χ0n) is 16.3. The summed E-state index contributed by atoms with van der Waals surface area (Å²) in [6, 6.07) is 14.8. The summed E-state index contributed by atoms with van der Waals surface area (Å²) in [7, 11) is 1.74. The number of rotatable bonds is 4. The molecule has 0 aliphatic carbocycles. The molecule has 0 aromatic heterocycles. The maximum absolute atomic E-state index is 12.9. The summed E-state index contributed by atoms with van der Waals surface area (Å²) in [5.41, 5.74) is 1.99. The van der Waals surface area contributed by atoms with Crippen molar-refractivity contribution in [1.29, 1.82) is 0 Å². The first-order valence-corrected chi connectivity index (χ1v) is 9.90. The lowest BCUT2D eigenvalue weighted by Crippen LogP contribution is -2.48. The normalized spacial score (nSPS) is 27.2. The van der Waals surface area contributed by atoms with Crippen LogP contribution in [0.2, 0.25) is 0 Å². The summed E-state index contributed by atoms with van der Waals surface area (Å²) in [5.74, 6) is -0.325. The monoisotopic (exact) mass is 406 g/mol. The van der Waals surface area contributed by atoms with E-state index in [1.807, 2.05) is 18.2 Å². The van der Waals surface area contributed by atoms with Crippen molar-refractivity contribution in [2.24, 2.45) is 0 Å². The van der Waals surface area contributed by atoms with E-state index in [2.05, 4.69) is 27.5 Å². The van der Waals surface area contributed by atoms with Crippen molar-refractivity contribution in [2.75, 3.05) is 25.5 Å². The third-order valence-corrected chi connectivity index (χ3v) is 5.91. The van der Waals surface area contributed by atoms with E-state index in [0.29, 0.717) is 18.6 Å². The Morgan fingerprint density at radius 3 is 2.69 bits per heavy atom. The van der Waals surface area contributed by atoms with Gasteiger partial charge in [-0.15, -0.1) is 13.2 Å². The number of benzene rings is 2. The molecule has 0 bridgehead atoms. The highest BCUT2D eigenvalue weighted by atomic mass is 19.4. The number of hydrogen-bond donors (Lipinski definition) is 2. The molecule has 4 nitrogen and oxygen atoms in total. The highest BCUT2D eigenvalue weighted by Crippen LogP contribution is 2.50. The van der Waals surface area contributed by atoms with E-state index < -0.39 is 12.0 Å². The molecule has 2 saturated heterocycles. The van der Waals surface area contributed by atoms with Crippen LogP contribution in [-0.2, 0) is 4.74 Å². The van der Waals surface area contributed by atoms with Crippen molar-refractivity contribution < 1.29 is 22.6 Å². The zero-order chi connectivity index (χ0) is 20.5. The van der Waals surface area contributed by atoms with Crippen LogP contribution < -0.4 is 15.4 Å². The van der Waals surface area contributed by atoms with E-state index in [4.69, 9.17) is 4.74 Å². The summed E-state index contributed by atoms with van der Waals surface area (Å²) in [5, 5.41) is 6.56. The molecular formula is C22H25F3N2O2. The van der Waals surface area contributed by atoms with Crippen LogP contribution in [0.5, 0.6) is 5.75 Å². The lowest BCUT2D eigenvalue weighted by atomic mass is 9.77. The van der Waals surface area contributed by atoms with Crippen LogP contribution in [0.1, 0.15) is 42.3 Å². The molecule has 2 aliphatic rings. The van der Waals surface area contributed by atoms with Gasteiger partial charge in [-0.05, 0) is 49.6 Å². The minimum Gasteiger partial charge on any atom is -0.405 e. The molecule has 0 amide bonds. The van der Waals surface area contributed by atoms with Crippen LogP contribution in [-0.4, -0.2) is 32.2 Å². The van der Waals surface area contributed by atoms with Crippen LogP contribution in [0.25, 0.3) is 0 Å². The average molecular weight is 406 g/mol. The lowest BCUT2D eigenvalue weighted by molar-refractivity contribution is -0.275. The number of hydrogen-bond acceptors (Lipinski definition) is 4. The fourth-order valence-corrected chi connectivity index (χ4v) is 4.65. The van der Waals surface area contributed by atoms with Gasteiger partial charge in [0.2, 0.25) is 0 Å². The van der Waals surface area contributed by atoms with Gasteiger partial charge in [0.1, 0.15) is 5.75 Å². The van der Waals surface area contributed by atoms with Crippen molar-refractivity contribution in [3.63, 3.8) is 0 Å². The Morgan fingerprint density at radius 2 is 1.97 bits per heavy atom. The Bertz CT molecular complexity index is 844. The van der Waals surface area contributed by atoms with Crippen LogP contribution in [0, 0.1) is 0 Å². The molecule has 1 spiro atoms. The summed E-state index contributed by atoms with van der Waals surface area (Å²) in [6.45, 7) is 1.26. The van der Waals surface area contributed by atoms with Gasteiger partial charge in [0.25, 0.3) is 0 Å². The van der Waals surface area contributed by atoms with Crippen LogP contribution in [0.3, 0.4) is 0 Å². The van der Waals surface area contributed by atoms with Gasteiger partial charge in [0.15, 0.2) is 0 Å². The van der Waals surface area contributed by atoms with Gasteiger partial charge in [0.05, 0.1) is 18.2 Å². The molecule has 4 rings (SSSR count). The number of nitrogens with one attached hydrogen (secondary N) is 2. The van der Waals surface area contributed by atoms with Gasteiger partial charge in [0, 0.05) is 24.2 Å². The number of alkyl halides is 3. The smallest absolute Gasteiger partial charge is 0.405 e. The Morgan fingerprint density at radius 1 is 1.17 bits per heavy atom. The summed E-state index contributed by atoms with van der Waals surface area (Å²) in [6.07, 6.45) is -2.25. The molecule has 2 aromatic carbocycles. The van der Waals surface area contributed by atoms with Crippen LogP contribution in [0.15, 0.2) is 48.5 Å². The quantitative estimate of drug-likeness (QED) is 0.750. The van der Waals surface area contributed by atoms with Crippen molar-refractivity contribution >= 4 is 5.69 Å². The van der Waals surface area contributed by atoms with Gasteiger partial charge in [-0.1, -0.05) is 30.3 Å². The van der Waals surface area contributed by atoms with Gasteiger partial charge >= 0.3 is 6.36 Å². The zero-order valence-corrected chi connectivity index (χ0v) is 16.3. The molecule has 2 heterocycles. The second-order valence-corrected chi connectivity index (χ2v) is 7.73. The third-order valence-electron chi connectivity index (χ3n) is 5.91. The molecule has 0 radical (unpaired) electrons. The minimum atomic E-state index is -4.73. The van der Waals surface area contributed by atoms with E-state index in [0.717, 1.165) is 30.6 Å². The minimum absolute atomic E-state index is 0.0157. The maximum atomic E-state index is 12.9. The molecular weight excluding hydrogens is 381 g/mol. The number of anilines is 1. The van der Waals surface area contributed by atoms with Gasteiger partial charge < -0.3 is 20.1 Å². The van der Waals surface area contributed by atoms with E-state index in [1.165, 1.54) is 6.07 Å². The standard InChI is InChI=1S/C22H25F3N2O2/c1-26-17-8-9-19(29-22(23,24)25)18(12-17)16-13-21(28-14-16)10-5-11-27-20(21)15-6-3-2-4-7-15/h2-4,6-9,12,16,20,26-27H,5,10-11,13-14H2,1H3/t16-,20+,21-/m1/s1. The topological polar surface area (TPSA) is 42.5 Å². The fourth-order valence-electron chi connectivity index (χ4n) is 4.65. The summed E-state index contributed by atoms with van der Waals surface area (Å²) < 4.78 is 49.5. The fraction of sp³-hybridized carbons (Fsp3) is 0.455. The molecule has 2 N–H and O–H groups in total. The second-order valence-electron chi connectivity index (χ2n) is 7.73. The van der Waals surface area contributed by atoms with Crippen molar-refractivity contribution in [1.82, 2.24) is 5.32 Å². The molecule has 2 aliphatic heterocycles. The van der Waals surface area contributed by atoms with Gasteiger partial charge in [-0.2, -0.15) is 0 Å². The highest BCUT2D eigenvalue weighted by molar-refractivity contribution is 5.52. The Labute approximate surface area is 168 Å². The third kappa shape index (κ3) is 4.21. The van der Waals surface area contributed by atoms with Gasteiger partial charge in [-0.25, -0.2) is 0 Å². The first kappa shape index (κ1) is 20.0. The molecule has 2 aromatic rings. The number of piperidine rings is 1. The summed E-state index contributed by atoms with van der Waals surface area (Å²) >= 11 is 0. The Hall–Kier alpha value is -2.25. The SMILES string of the molecule is CNc1ccc(OC(F)(F)F)c([C@H]2CO[C@]3(CCCN[C@H]3c3ccccc3)C2)c1. The van der Waals surface area contributed by atoms with Crippen LogP contribution in [0.4, 0.5) is 18.9 Å². The molecule has 0 saturated carbocycles. The first-order chi connectivity index (χ1) is 13.9. The van der Waals surface area contributed by atoms with E-state index in [9.17, 15) is 13.2 Å². The van der Waals surface area contributed by atoms with Crippen molar-refractivity contribution in [3.05, 3.63) is 59.7 Å². The molecule has 29 heavy (non-hydrogen) atoms. The predicted molar refractivity (Wildman–Crippen MR) is 105 cm³/mol. The Kier molecular flexibility index (Phi) is 5.44. The van der Waals surface area contributed by atoms with E-state index in [1.54, 1.807) is 19.2 Å². The Balaban J connectivity index is 1.65. The lowest BCUT2D eigenvalue weighted by Gasteiger charge is -2.41. The maximum Gasteiger partial charge on any atom is 0.573 e. The predicted octanol–water partition coefficient (Wildman–Crippen LogP) is 4.99. The average Bonchev–Trinajstić information content (AvgIpc) is 3.12. The molecule has 156 valence electrons. The number of ether oxygens (including phenoxy) is 2. The highest BCUT2D eigenvalue weighted by Gasteiger charge is 2.49. The molecule has 3 atom stereocenters. The molecule has 0 unspecified atom stereocenters. The molecule has 2 fully saturated rings.